The molecule has 0 spiro atoms. The predicted molar refractivity (Wildman–Crippen MR) is 119 cm³/mol. The van der Waals surface area contributed by atoms with Crippen LogP contribution in [0, 0.1) is 0 Å². The maximum atomic E-state index is 13.1. The third-order valence-corrected chi connectivity index (χ3v) is 6.23. The molecule has 2 heterocycles. The van der Waals surface area contributed by atoms with E-state index in [4.69, 9.17) is 9.47 Å². The number of Topliss-reactive ketones (excluding diaryl/α,β-unsaturated/α-hetero) is 1. The molecule has 8 nitrogen and oxygen atoms in total. The Morgan fingerprint density at radius 1 is 1.12 bits per heavy atom. The van der Waals surface area contributed by atoms with Crippen molar-refractivity contribution < 1.29 is 34.2 Å². The zero-order chi connectivity index (χ0) is 23.4. The minimum atomic E-state index is -0.757. The molecule has 2 fully saturated rings. The highest BCUT2D eigenvalue weighted by Gasteiger charge is 2.45. The van der Waals surface area contributed by atoms with Crippen LogP contribution in [0.15, 0.2) is 54.1 Å². The van der Waals surface area contributed by atoms with Crippen molar-refractivity contribution in [2.45, 2.75) is 12.5 Å². The highest BCUT2D eigenvalue weighted by atomic mass is 16.5. The molecule has 2 aromatic carbocycles. The van der Waals surface area contributed by atoms with E-state index in [2.05, 4.69) is 0 Å². The Labute approximate surface area is 192 Å². The van der Waals surface area contributed by atoms with Crippen molar-refractivity contribution in [3.8, 4) is 11.5 Å². The van der Waals surface area contributed by atoms with Gasteiger partial charge in [-0.3, -0.25) is 9.59 Å². The number of aliphatic hydroxyl groups excluding tert-OH is 1. The van der Waals surface area contributed by atoms with Crippen LogP contribution in [-0.2, 0) is 14.3 Å². The minimum Gasteiger partial charge on any atom is -0.872 e. The zero-order valence-corrected chi connectivity index (χ0v) is 18.6. The van der Waals surface area contributed by atoms with Crippen LogP contribution in [0.2, 0.25) is 0 Å². The van der Waals surface area contributed by atoms with Crippen LogP contribution in [0.5, 0.6) is 11.5 Å². The second-order valence-corrected chi connectivity index (χ2v) is 8.26. The monoisotopic (exact) mass is 452 g/mol. The fourth-order valence-electron chi connectivity index (χ4n) is 4.42. The summed E-state index contributed by atoms with van der Waals surface area (Å²) in [5.74, 6) is -1.16. The molecule has 1 amide bonds. The molecule has 0 saturated carbocycles. The molecule has 33 heavy (non-hydrogen) atoms. The van der Waals surface area contributed by atoms with Gasteiger partial charge < -0.3 is 29.5 Å². The number of nitrogens with one attached hydrogen (secondary N) is 1. The number of ketones is 1. The summed E-state index contributed by atoms with van der Waals surface area (Å²) in [4.78, 5) is 29.0. The Kier molecular flexibility index (Phi) is 6.96. The highest BCUT2D eigenvalue weighted by molar-refractivity contribution is 6.46. The number of methoxy groups -OCH3 is 1. The van der Waals surface area contributed by atoms with Gasteiger partial charge in [0.1, 0.15) is 24.6 Å². The molecule has 2 saturated heterocycles. The summed E-state index contributed by atoms with van der Waals surface area (Å²) in [5.41, 5.74) is 1.06. The van der Waals surface area contributed by atoms with Crippen molar-refractivity contribution >= 4 is 17.4 Å². The number of morpholine rings is 1. The average Bonchev–Trinajstić information content (AvgIpc) is 3.10. The van der Waals surface area contributed by atoms with Gasteiger partial charge in [-0.15, -0.1) is 5.75 Å². The van der Waals surface area contributed by atoms with E-state index < -0.39 is 17.7 Å². The summed E-state index contributed by atoms with van der Waals surface area (Å²) >= 11 is 0. The van der Waals surface area contributed by atoms with Crippen molar-refractivity contribution in [3.05, 3.63) is 65.2 Å². The van der Waals surface area contributed by atoms with Crippen molar-refractivity contribution in [2.75, 3.05) is 46.5 Å². The lowest BCUT2D eigenvalue weighted by Gasteiger charge is -2.28. The summed E-state index contributed by atoms with van der Waals surface area (Å²) in [7, 11) is 1.54. The van der Waals surface area contributed by atoms with Gasteiger partial charge >= 0.3 is 0 Å². The molecule has 4 rings (SSSR count). The standard InChI is InChI=1S/C25H28N2O6/c1-32-20-9-5-18(6-10-20)23(29)21-22(17-3-7-19(28)8-4-17)27(25(31)24(21)30)12-2-11-26-13-15-33-16-14-26/h3-10,22,28-29H,2,11-16H2,1H3/b23-21-. The van der Waals surface area contributed by atoms with Crippen molar-refractivity contribution in [1.29, 1.82) is 0 Å². The molecule has 2 aliphatic heterocycles. The minimum absolute atomic E-state index is 0.0301. The number of carbonyl (C=O) groups excluding carboxylic acids is 2. The Morgan fingerprint density at radius 2 is 1.79 bits per heavy atom. The van der Waals surface area contributed by atoms with Crippen molar-refractivity contribution in [1.82, 2.24) is 4.90 Å². The first-order chi connectivity index (χ1) is 16.0. The van der Waals surface area contributed by atoms with Crippen LogP contribution in [0.4, 0.5) is 0 Å². The molecular formula is C25H28N2O6. The second-order valence-electron chi connectivity index (χ2n) is 8.26. The van der Waals surface area contributed by atoms with Crippen molar-refractivity contribution in [2.24, 2.45) is 0 Å². The first kappa shape index (κ1) is 22.8. The summed E-state index contributed by atoms with van der Waals surface area (Å²) in [5, 5.41) is 22.7. The molecule has 1 atom stereocenters. The van der Waals surface area contributed by atoms with Crippen LogP contribution in [0.1, 0.15) is 23.6 Å². The first-order valence-corrected chi connectivity index (χ1v) is 11.1. The smallest absolute Gasteiger partial charge is 0.295 e. The van der Waals surface area contributed by atoms with Crippen LogP contribution < -0.4 is 14.7 Å². The second kappa shape index (κ2) is 10.1. The van der Waals surface area contributed by atoms with E-state index >= 15 is 0 Å². The van der Waals surface area contributed by atoms with Gasteiger partial charge in [-0.1, -0.05) is 24.3 Å². The molecule has 2 N–H and O–H groups in total. The van der Waals surface area contributed by atoms with E-state index in [0.717, 1.165) is 32.8 Å². The van der Waals surface area contributed by atoms with E-state index in [1.54, 1.807) is 43.5 Å². The number of quaternary nitrogens is 1. The Morgan fingerprint density at radius 3 is 2.42 bits per heavy atom. The lowest BCUT2D eigenvalue weighted by atomic mass is 9.95. The van der Waals surface area contributed by atoms with Gasteiger partial charge in [-0.25, -0.2) is 0 Å². The SMILES string of the molecule is COc1ccc(/C(O)=C2/C(=O)C(=O)N(CCC[NH+]3CCOCC3)C2c2ccc([O-])cc2)cc1. The first-order valence-electron chi connectivity index (χ1n) is 11.1. The van der Waals surface area contributed by atoms with Gasteiger partial charge in [0.2, 0.25) is 0 Å². The van der Waals surface area contributed by atoms with E-state index in [0.29, 0.717) is 29.8 Å². The van der Waals surface area contributed by atoms with Crippen molar-refractivity contribution in [3.63, 3.8) is 0 Å². The molecule has 8 heteroatoms. The van der Waals surface area contributed by atoms with Gasteiger partial charge in [0.25, 0.3) is 11.7 Å². The fourth-order valence-corrected chi connectivity index (χ4v) is 4.42. The molecule has 1 unspecified atom stereocenters. The number of amides is 1. The van der Waals surface area contributed by atoms with Gasteiger partial charge in [0.05, 0.1) is 38.5 Å². The summed E-state index contributed by atoms with van der Waals surface area (Å²) in [6, 6.07) is 11.9. The maximum Gasteiger partial charge on any atom is 0.295 e. The number of carbonyl (C=O) groups is 2. The molecular weight excluding hydrogens is 424 g/mol. The lowest BCUT2D eigenvalue weighted by Crippen LogP contribution is -3.14. The summed E-state index contributed by atoms with van der Waals surface area (Å²) in [6.07, 6.45) is 0.709. The fraction of sp³-hybridized carbons (Fsp3) is 0.360. The van der Waals surface area contributed by atoms with Gasteiger partial charge in [-0.2, -0.15) is 0 Å². The van der Waals surface area contributed by atoms with Crippen LogP contribution in [0.25, 0.3) is 5.76 Å². The summed E-state index contributed by atoms with van der Waals surface area (Å²) in [6.45, 7) is 4.52. The van der Waals surface area contributed by atoms with Crippen LogP contribution in [0.3, 0.4) is 0 Å². The van der Waals surface area contributed by atoms with Crippen LogP contribution in [-0.4, -0.2) is 68.2 Å². The number of ether oxygens (including phenoxy) is 2. The number of rotatable bonds is 7. The summed E-state index contributed by atoms with van der Waals surface area (Å²) < 4.78 is 10.6. The topological polar surface area (TPSA) is 104 Å². The van der Waals surface area contributed by atoms with E-state index in [1.807, 2.05) is 0 Å². The maximum absolute atomic E-state index is 13.1. The van der Waals surface area contributed by atoms with E-state index in [9.17, 15) is 19.8 Å². The number of likely N-dealkylation sites (tertiary alicyclic amines) is 1. The number of aliphatic hydroxyl groups is 1. The third-order valence-electron chi connectivity index (χ3n) is 6.23. The van der Waals surface area contributed by atoms with Gasteiger partial charge in [-0.05, 0) is 29.8 Å². The number of hydrogen-bond donors (Lipinski definition) is 2. The Hall–Kier alpha value is -3.36. The molecule has 0 aliphatic carbocycles. The Bertz CT molecular complexity index is 1030. The van der Waals surface area contributed by atoms with E-state index in [1.165, 1.54) is 21.9 Å². The van der Waals surface area contributed by atoms with Gasteiger partial charge in [0.15, 0.2) is 0 Å². The third kappa shape index (κ3) is 4.86. The normalized spacial score (nSPS) is 20.9. The number of nitrogens with zero attached hydrogens (tertiary/aromatic N) is 1. The lowest BCUT2D eigenvalue weighted by molar-refractivity contribution is -0.908. The van der Waals surface area contributed by atoms with Gasteiger partial charge in [0, 0.05) is 18.5 Å². The molecule has 2 aliphatic rings. The van der Waals surface area contributed by atoms with E-state index in [-0.39, 0.29) is 17.1 Å². The molecule has 0 radical (unpaired) electrons. The average molecular weight is 453 g/mol. The number of benzene rings is 2. The number of hydrogen-bond acceptors (Lipinski definition) is 6. The molecule has 2 aromatic rings. The quantitative estimate of drug-likeness (QED) is 0.360. The zero-order valence-electron chi connectivity index (χ0n) is 18.6. The van der Waals surface area contributed by atoms with Crippen LogP contribution >= 0.6 is 0 Å². The highest BCUT2D eigenvalue weighted by Crippen LogP contribution is 2.39. The largest absolute Gasteiger partial charge is 0.872 e. The molecule has 0 bridgehead atoms. The predicted octanol–water partition coefficient (Wildman–Crippen LogP) is 0.496. The molecule has 174 valence electrons. The molecule has 0 aromatic heterocycles. The Balaban J connectivity index is 1.65.